The Morgan fingerprint density at radius 3 is 2.19 bits per heavy atom. The lowest BCUT2D eigenvalue weighted by Crippen LogP contribution is -2.13. The lowest BCUT2D eigenvalue weighted by Gasteiger charge is -2.24. The number of aliphatic hydroxyl groups is 1. The minimum absolute atomic E-state index is 0.108. The first-order valence-corrected chi connectivity index (χ1v) is 13.2. The fraction of sp³-hybridized carbons (Fsp3) is 0.469. The molecule has 1 aliphatic rings. The van der Waals surface area contributed by atoms with Crippen LogP contribution >= 0.6 is 0 Å². The first kappa shape index (κ1) is 30.3. The number of aliphatic hydroxyl groups excluding tert-OH is 1. The molecule has 2 rings (SSSR count). The summed E-state index contributed by atoms with van der Waals surface area (Å²) in [4.78, 5) is 4.59. The van der Waals surface area contributed by atoms with Crippen molar-refractivity contribution in [2.24, 2.45) is 16.1 Å². The molecule has 0 spiro atoms. The zero-order chi connectivity index (χ0) is 28.1. The van der Waals surface area contributed by atoms with Crippen LogP contribution in [0.3, 0.4) is 0 Å². The molecule has 1 fully saturated rings. The number of nitrogens with zero attached hydrogens (tertiary/aromatic N) is 1. The highest BCUT2D eigenvalue weighted by Crippen LogP contribution is 2.49. The highest BCUT2D eigenvalue weighted by Gasteiger charge is 2.41. The van der Waals surface area contributed by atoms with Crippen molar-refractivity contribution in [2.45, 2.75) is 87.7 Å². The Morgan fingerprint density at radius 2 is 1.76 bits per heavy atom. The highest BCUT2D eigenvalue weighted by molar-refractivity contribution is 5.90. The number of hydrogen-bond donors (Lipinski definition) is 2. The Bertz CT molecular complexity index is 1190. The second kappa shape index (κ2) is 12.6. The van der Waals surface area contributed by atoms with Crippen molar-refractivity contribution in [2.75, 3.05) is 6.61 Å². The van der Waals surface area contributed by atoms with Gasteiger partial charge in [-0.25, -0.2) is 9.38 Å². The number of rotatable bonds is 11. The number of benzene rings is 1. The lowest BCUT2D eigenvalue weighted by molar-refractivity contribution is 0.217. The van der Waals surface area contributed by atoms with E-state index in [4.69, 9.17) is 10.5 Å². The van der Waals surface area contributed by atoms with Crippen molar-refractivity contribution < 1.29 is 14.2 Å². The molecule has 1 aromatic rings. The smallest absolute Gasteiger partial charge is 0.185 e. The molecule has 4 nitrogen and oxygen atoms in total. The molecule has 0 radical (unpaired) electrons. The minimum Gasteiger partial charge on any atom is -0.480 e. The van der Waals surface area contributed by atoms with Crippen LogP contribution in [0.15, 0.2) is 52.2 Å². The predicted molar refractivity (Wildman–Crippen MR) is 156 cm³/mol. The molecule has 0 amide bonds. The van der Waals surface area contributed by atoms with Gasteiger partial charge < -0.3 is 15.6 Å². The van der Waals surface area contributed by atoms with Crippen LogP contribution in [0.5, 0.6) is 0 Å². The topological polar surface area (TPSA) is 67.8 Å². The van der Waals surface area contributed by atoms with Crippen LogP contribution in [0, 0.1) is 11.2 Å². The molecule has 0 bridgehead atoms. The normalized spacial score (nSPS) is 16.7. The largest absolute Gasteiger partial charge is 0.480 e. The Labute approximate surface area is 223 Å². The summed E-state index contributed by atoms with van der Waals surface area (Å²) in [6.45, 7) is 24.2. The number of halogens is 1. The molecule has 0 aliphatic heterocycles. The van der Waals surface area contributed by atoms with Crippen LogP contribution in [0.25, 0.3) is 11.6 Å². The summed E-state index contributed by atoms with van der Waals surface area (Å²) in [5.74, 6) is -0.114. The lowest BCUT2D eigenvalue weighted by atomic mass is 9.82. The van der Waals surface area contributed by atoms with Gasteiger partial charge in [0.05, 0.1) is 13.2 Å². The maximum Gasteiger partial charge on any atom is 0.185 e. The van der Waals surface area contributed by atoms with Gasteiger partial charge in [0.15, 0.2) is 11.7 Å². The molecule has 0 atom stereocenters. The van der Waals surface area contributed by atoms with E-state index in [1.54, 1.807) is 13.0 Å². The van der Waals surface area contributed by atoms with Crippen LogP contribution in [-0.2, 0) is 17.8 Å². The quantitative estimate of drug-likeness (QED) is 0.179. The second-order valence-corrected chi connectivity index (χ2v) is 10.2. The van der Waals surface area contributed by atoms with E-state index >= 15 is 4.39 Å². The van der Waals surface area contributed by atoms with Crippen LogP contribution in [0.1, 0.15) is 96.9 Å². The van der Waals surface area contributed by atoms with Crippen molar-refractivity contribution >= 4 is 23.2 Å². The summed E-state index contributed by atoms with van der Waals surface area (Å²) < 4.78 is 22.6. The van der Waals surface area contributed by atoms with Gasteiger partial charge in [-0.2, -0.15) is 0 Å². The number of hydrogen-bond acceptors (Lipinski definition) is 4. The van der Waals surface area contributed by atoms with Crippen molar-refractivity contribution in [3.63, 3.8) is 0 Å². The van der Waals surface area contributed by atoms with Crippen LogP contribution in [0.2, 0.25) is 0 Å². The van der Waals surface area contributed by atoms with Crippen molar-refractivity contribution in [3.05, 3.63) is 75.3 Å². The molecule has 0 saturated heterocycles. The van der Waals surface area contributed by atoms with Crippen molar-refractivity contribution in [1.82, 2.24) is 0 Å². The highest BCUT2D eigenvalue weighted by atomic mass is 19.1. The van der Waals surface area contributed by atoms with E-state index in [2.05, 4.69) is 25.1 Å². The third-order valence-electron chi connectivity index (χ3n) is 7.92. The fourth-order valence-corrected chi connectivity index (χ4v) is 4.73. The molecule has 0 unspecified atom stereocenters. The monoisotopic (exact) mass is 508 g/mol. The molecule has 3 N–H and O–H groups in total. The zero-order valence-corrected chi connectivity index (χ0v) is 24.1. The van der Waals surface area contributed by atoms with Crippen LogP contribution in [0.4, 0.5) is 10.1 Å². The summed E-state index contributed by atoms with van der Waals surface area (Å²) in [7, 11) is 0. The molecule has 202 valence electrons. The average molecular weight is 509 g/mol. The summed E-state index contributed by atoms with van der Waals surface area (Å²) in [6.07, 6.45) is 7.39. The van der Waals surface area contributed by atoms with Gasteiger partial charge in [-0.3, -0.25) is 0 Å². The summed E-state index contributed by atoms with van der Waals surface area (Å²) >= 11 is 0. The molecule has 1 aromatic carbocycles. The maximum absolute atomic E-state index is 16.6. The van der Waals surface area contributed by atoms with E-state index in [1.807, 2.05) is 47.6 Å². The molecule has 1 aliphatic carbocycles. The number of aliphatic imine (C=N–C) groups is 1. The van der Waals surface area contributed by atoms with E-state index in [-0.39, 0.29) is 17.7 Å². The first-order chi connectivity index (χ1) is 17.4. The SMILES string of the molecule is C=Cc1c(CO)c(CC)c(C(=C)C(=C(C)\C(C)=C/C)/C(C)=C(\C)N)c(F)c1N=C(C)OCC1(CC)CC1. The van der Waals surface area contributed by atoms with E-state index in [9.17, 15) is 5.11 Å². The number of allylic oxidation sites excluding steroid dienone is 7. The Balaban J connectivity index is 2.86. The summed E-state index contributed by atoms with van der Waals surface area (Å²) in [5.41, 5.74) is 13.4. The predicted octanol–water partition coefficient (Wildman–Crippen LogP) is 8.33. The molecule has 0 aromatic heterocycles. The first-order valence-electron chi connectivity index (χ1n) is 13.2. The van der Waals surface area contributed by atoms with Crippen molar-refractivity contribution in [1.29, 1.82) is 0 Å². The van der Waals surface area contributed by atoms with E-state index < -0.39 is 5.82 Å². The van der Waals surface area contributed by atoms with Gasteiger partial charge in [0.2, 0.25) is 0 Å². The standard InChI is InChI=1S/C32H45FN2O2/c1-11-19(5)20(6)28(21(7)23(9)34)22(8)29-25(12-2)27(17-36)26(13-3)31(30(29)33)35-24(10)37-18-32(14-4)15-16-32/h11,13,36H,3,8,12,14-18,34H2,1-2,4-7,9-10H3/b19-11-,23-21+,28-20-,35-24?. The molecule has 5 heteroatoms. The Kier molecular flexibility index (Phi) is 10.3. The molecule has 1 saturated carbocycles. The fourth-order valence-electron chi connectivity index (χ4n) is 4.73. The molecular weight excluding hydrogens is 463 g/mol. The average Bonchev–Trinajstić information content (AvgIpc) is 3.67. The van der Waals surface area contributed by atoms with Crippen LogP contribution < -0.4 is 5.73 Å². The zero-order valence-electron chi connectivity index (χ0n) is 24.1. The van der Waals surface area contributed by atoms with Gasteiger partial charge in [-0.05, 0) is 93.7 Å². The van der Waals surface area contributed by atoms with Gasteiger partial charge in [0, 0.05) is 29.2 Å². The maximum atomic E-state index is 16.6. The van der Waals surface area contributed by atoms with Crippen LogP contribution in [-0.4, -0.2) is 17.6 Å². The Morgan fingerprint density at radius 1 is 1.14 bits per heavy atom. The van der Waals surface area contributed by atoms with Gasteiger partial charge in [-0.1, -0.05) is 44.7 Å². The Hall–Kier alpha value is -2.92. The summed E-state index contributed by atoms with van der Waals surface area (Å²) in [5, 5.41) is 10.4. The van der Waals surface area contributed by atoms with E-state index in [0.717, 1.165) is 41.6 Å². The van der Waals surface area contributed by atoms with Gasteiger partial charge in [0.25, 0.3) is 0 Å². The third-order valence-corrected chi connectivity index (χ3v) is 7.92. The number of nitrogens with two attached hydrogens (primary N) is 1. The number of ether oxygens (including phenoxy) is 1. The van der Waals surface area contributed by atoms with Gasteiger partial charge >= 0.3 is 0 Å². The van der Waals surface area contributed by atoms with Gasteiger partial charge in [0.1, 0.15) is 5.69 Å². The summed E-state index contributed by atoms with van der Waals surface area (Å²) in [6, 6.07) is 0. The van der Waals surface area contributed by atoms with E-state index in [1.165, 1.54) is 0 Å². The van der Waals surface area contributed by atoms with Gasteiger partial charge in [-0.15, -0.1) is 0 Å². The molecule has 37 heavy (non-hydrogen) atoms. The molecular formula is C32H45FN2O2. The minimum atomic E-state index is -0.501. The molecule has 0 heterocycles. The second-order valence-electron chi connectivity index (χ2n) is 10.2. The van der Waals surface area contributed by atoms with E-state index in [0.29, 0.717) is 52.4 Å². The third kappa shape index (κ3) is 6.32. The van der Waals surface area contributed by atoms with Crippen molar-refractivity contribution in [3.8, 4) is 0 Å².